The molecule has 0 amide bonds. The zero-order valence-electron chi connectivity index (χ0n) is 18.7. The normalized spacial score (nSPS) is 29.0. The van der Waals surface area contributed by atoms with Crippen LogP contribution in [0.5, 0.6) is 11.5 Å². The lowest BCUT2D eigenvalue weighted by Gasteiger charge is -2.45. The fourth-order valence-corrected chi connectivity index (χ4v) is 5.25. The van der Waals surface area contributed by atoms with Gasteiger partial charge in [-0.1, -0.05) is 31.6 Å². The molecule has 0 bridgehead atoms. The van der Waals surface area contributed by atoms with E-state index in [-0.39, 0.29) is 17.1 Å². The van der Waals surface area contributed by atoms with Crippen LogP contribution in [0.4, 0.5) is 0 Å². The highest BCUT2D eigenvalue weighted by Gasteiger charge is 2.69. The number of hydrogen-bond donors (Lipinski definition) is 1. The lowest BCUT2D eigenvalue weighted by Crippen LogP contribution is -2.58. The monoisotopic (exact) mass is 426 g/mol. The largest absolute Gasteiger partial charge is 0.497 e. The first-order valence-electron chi connectivity index (χ1n) is 10.5. The van der Waals surface area contributed by atoms with Crippen LogP contribution in [0, 0.1) is 22.7 Å². The summed E-state index contributed by atoms with van der Waals surface area (Å²) in [5.74, 6) is -2.21. The lowest BCUT2D eigenvalue weighted by atomic mass is 9.56. The van der Waals surface area contributed by atoms with E-state index in [2.05, 4.69) is 6.58 Å². The molecule has 0 aromatic heterocycles. The van der Waals surface area contributed by atoms with E-state index in [1.165, 1.54) is 19.3 Å². The van der Waals surface area contributed by atoms with Gasteiger partial charge in [-0.25, -0.2) is 0 Å². The number of ether oxygens (including phenoxy) is 2. The van der Waals surface area contributed by atoms with Crippen LogP contribution >= 0.6 is 0 Å². The lowest BCUT2D eigenvalue weighted by molar-refractivity contribution is -0.152. The Hall–Kier alpha value is -2.73. The molecule has 1 fully saturated rings. The molecule has 6 nitrogen and oxygen atoms in total. The van der Waals surface area contributed by atoms with E-state index in [1.807, 2.05) is 6.92 Å². The summed E-state index contributed by atoms with van der Waals surface area (Å²) in [5.41, 5.74) is -1.39. The topological polar surface area (TPSA) is 89.9 Å². The number of allylic oxidation sites excluding steroid dienone is 2. The standard InChI is InChI=1S/C25H30O6/c1-7-24(5)11-10-18(15(4)21(27)19(26)12-14(2)3)25(24)22(28)17-9-8-16(30-6)13-20(17)31-23(25)29/h7-9,12-13,15,18-19,26H,1,10-11H2,2-6H3/t15?,18-,19?,24-,25+/m1/s1. The van der Waals surface area contributed by atoms with Crippen molar-refractivity contribution >= 4 is 17.5 Å². The molecule has 31 heavy (non-hydrogen) atoms. The highest BCUT2D eigenvalue weighted by atomic mass is 16.5. The van der Waals surface area contributed by atoms with Gasteiger partial charge in [0.15, 0.2) is 11.6 Å². The second kappa shape index (κ2) is 8.08. The first-order valence-corrected chi connectivity index (χ1v) is 10.5. The van der Waals surface area contributed by atoms with Crippen LogP contribution < -0.4 is 9.47 Å². The molecule has 2 aliphatic rings. The molecule has 1 aliphatic carbocycles. The van der Waals surface area contributed by atoms with Gasteiger partial charge in [-0.3, -0.25) is 14.4 Å². The van der Waals surface area contributed by atoms with Crippen molar-refractivity contribution < 1.29 is 29.0 Å². The molecule has 0 saturated heterocycles. The van der Waals surface area contributed by atoms with Crippen LogP contribution in [0.25, 0.3) is 0 Å². The molecule has 1 N–H and O–H groups in total. The first kappa shape index (κ1) is 22.9. The summed E-state index contributed by atoms with van der Waals surface area (Å²) < 4.78 is 10.9. The molecule has 1 heterocycles. The SMILES string of the molecule is C=C[C@]1(C)CC[C@H](C(C)C(=O)C(O)C=C(C)C)[C@]12C(=O)Oc1cc(OC)ccc1C2=O. The minimum atomic E-state index is -1.59. The molecule has 1 aromatic carbocycles. The second-order valence-electron chi connectivity index (χ2n) is 9.04. The summed E-state index contributed by atoms with van der Waals surface area (Å²) >= 11 is 0. The minimum Gasteiger partial charge on any atom is -0.497 e. The number of esters is 1. The Morgan fingerprint density at radius 3 is 2.61 bits per heavy atom. The Morgan fingerprint density at radius 2 is 2.03 bits per heavy atom. The summed E-state index contributed by atoms with van der Waals surface area (Å²) in [6, 6.07) is 4.75. The summed E-state index contributed by atoms with van der Waals surface area (Å²) in [5, 5.41) is 10.4. The molecule has 1 spiro atoms. The molecule has 166 valence electrons. The maximum absolute atomic E-state index is 13.9. The molecule has 0 radical (unpaired) electrons. The van der Waals surface area contributed by atoms with Crippen molar-refractivity contribution in [2.45, 2.75) is 46.6 Å². The van der Waals surface area contributed by atoms with E-state index in [4.69, 9.17) is 9.47 Å². The van der Waals surface area contributed by atoms with E-state index < -0.39 is 40.5 Å². The van der Waals surface area contributed by atoms with Gasteiger partial charge in [0, 0.05) is 17.4 Å². The number of methoxy groups -OCH3 is 1. The molecule has 6 heteroatoms. The highest BCUT2D eigenvalue weighted by Crippen LogP contribution is 2.63. The Morgan fingerprint density at radius 1 is 1.35 bits per heavy atom. The van der Waals surface area contributed by atoms with Crippen LogP contribution in [0.1, 0.15) is 50.9 Å². The summed E-state index contributed by atoms with van der Waals surface area (Å²) in [6.07, 6.45) is 2.78. The third kappa shape index (κ3) is 3.33. The Bertz CT molecular complexity index is 972. The van der Waals surface area contributed by atoms with E-state index >= 15 is 0 Å². The number of ketones is 2. The zero-order valence-corrected chi connectivity index (χ0v) is 18.7. The van der Waals surface area contributed by atoms with Crippen LogP contribution in [-0.2, 0) is 9.59 Å². The molecule has 1 aromatic rings. The molecular weight excluding hydrogens is 396 g/mol. The summed E-state index contributed by atoms with van der Waals surface area (Å²) in [4.78, 5) is 40.5. The third-order valence-electron chi connectivity index (χ3n) is 7.03. The summed E-state index contributed by atoms with van der Waals surface area (Å²) in [7, 11) is 1.49. The fourth-order valence-electron chi connectivity index (χ4n) is 5.25. The first-order chi connectivity index (χ1) is 14.5. The number of rotatable bonds is 6. The number of hydrogen-bond acceptors (Lipinski definition) is 6. The zero-order chi connectivity index (χ0) is 23.1. The van der Waals surface area contributed by atoms with Gasteiger partial charge in [-0.15, -0.1) is 6.58 Å². The Balaban J connectivity index is 2.14. The van der Waals surface area contributed by atoms with Crippen molar-refractivity contribution in [1.82, 2.24) is 0 Å². The number of Topliss-reactive ketones (excluding diaryl/α,β-unsaturated/α-hetero) is 2. The molecule has 1 saturated carbocycles. The highest BCUT2D eigenvalue weighted by molar-refractivity contribution is 6.18. The quantitative estimate of drug-likeness (QED) is 0.321. The van der Waals surface area contributed by atoms with Gasteiger partial charge in [0.2, 0.25) is 0 Å². The van der Waals surface area contributed by atoms with E-state index in [0.29, 0.717) is 18.6 Å². The summed E-state index contributed by atoms with van der Waals surface area (Å²) in [6.45, 7) is 11.0. The predicted molar refractivity (Wildman–Crippen MR) is 116 cm³/mol. The van der Waals surface area contributed by atoms with Crippen molar-refractivity contribution in [2.75, 3.05) is 7.11 Å². The van der Waals surface area contributed by atoms with Gasteiger partial charge in [0.25, 0.3) is 0 Å². The molecular formula is C25H30O6. The van der Waals surface area contributed by atoms with E-state index in [9.17, 15) is 19.5 Å². The maximum Gasteiger partial charge on any atom is 0.326 e. The number of fused-ring (bicyclic) bond motifs is 1. The van der Waals surface area contributed by atoms with Crippen LogP contribution in [-0.4, -0.2) is 35.9 Å². The van der Waals surface area contributed by atoms with Crippen LogP contribution in [0.3, 0.4) is 0 Å². The van der Waals surface area contributed by atoms with Gasteiger partial charge in [0.1, 0.15) is 23.0 Å². The fraction of sp³-hybridized carbons (Fsp3) is 0.480. The molecule has 1 aliphatic heterocycles. The average Bonchev–Trinajstić information content (AvgIpc) is 3.04. The number of carbonyl (C=O) groups excluding carboxylic acids is 3. The van der Waals surface area contributed by atoms with Gasteiger partial charge in [-0.05, 0) is 44.7 Å². The maximum atomic E-state index is 13.9. The average molecular weight is 427 g/mol. The number of aliphatic hydroxyl groups excluding tert-OH is 1. The van der Waals surface area contributed by atoms with Crippen LogP contribution in [0.15, 0.2) is 42.5 Å². The Kier molecular flexibility index (Phi) is 5.98. The molecule has 3 rings (SSSR count). The van der Waals surface area contributed by atoms with Crippen molar-refractivity contribution in [3.05, 3.63) is 48.1 Å². The third-order valence-corrected chi connectivity index (χ3v) is 7.03. The van der Waals surface area contributed by atoms with Gasteiger partial charge >= 0.3 is 5.97 Å². The number of aliphatic hydroxyl groups is 1. The Labute approximate surface area is 182 Å². The molecule has 2 unspecified atom stereocenters. The van der Waals surface area contributed by atoms with Crippen molar-refractivity contribution in [3.63, 3.8) is 0 Å². The van der Waals surface area contributed by atoms with E-state index in [0.717, 1.165) is 5.57 Å². The number of carbonyl (C=O) groups is 3. The van der Waals surface area contributed by atoms with Crippen molar-refractivity contribution in [2.24, 2.45) is 22.7 Å². The van der Waals surface area contributed by atoms with Gasteiger partial charge in [-0.2, -0.15) is 0 Å². The number of benzene rings is 1. The van der Waals surface area contributed by atoms with E-state index in [1.54, 1.807) is 39.0 Å². The second-order valence-corrected chi connectivity index (χ2v) is 9.04. The minimum absolute atomic E-state index is 0.153. The van der Waals surface area contributed by atoms with Crippen LogP contribution in [0.2, 0.25) is 0 Å². The van der Waals surface area contributed by atoms with Crippen molar-refractivity contribution in [1.29, 1.82) is 0 Å². The smallest absolute Gasteiger partial charge is 0.326 e. The molecule has 5 atom stereocenters. The van der Waals surface area contributed by atoms with Gasteiger partial charge in [0.05, 0.1) is 12.7 Å². The predicted octanol–water partition coefficient (Wildman–Crippen LogP) is 3.92. The van der Waals surface area contributed by atoms with Crippen molar-refractivity contribution in [3.8, 4) is 11.5 Å². The van der Waals surface area contributed by atoms with Gasteiger partial charge < -0.3 is 14.6 Å².